The lowest BCUT2D eigenvalue weighted by molar-refractivity contribution is 0.603. The lowest BCUT2D eigenvalue weighted by Gasteiger charge is -2.34. The second-order valence-electron chi connectivity index (χ2n) is 38.6. The Morgan fingerprint density at radius 1 is 0.248 bits per heavy atom. The average Bonchev–Trinajstić information content (AvgIpc) is 1.53. The van der Waals surface area contributed by atoms with Gasteiger partial charge in [-0.3, -0.25) is 0 Å². The molecule has 26 rings (SSSR count). The van der Waals surface area contributed by atoms with Crippen LogP contribution in [0, 0.1) is 34.6 Å². The summed E-state index contributed by atoms with van der Waals surface area (Å²) in [5.74, 6) is 1.89. The Morgan fingerprint density at radius 2 is 0.553 bits per heavy atom. The van der Waals surface area contributed by atoms with Crippen LogP contribution in [-0.4, -0.2) is 48.9 Å². The molecule has 141 heavy (non-hydrogen) atoms. The van der Waals surface area contributed by atoms with Gasteiger partial charge in [-0.1, -0.05) is 266 Å². The Kier molecular flexibility index (Phi) is 24.0. The molecule has 21 aromatic rings. The lowest BCUT2D eigenvalue weighted by Crippen LogP contribution is -2.42. The molecular weight excluding hydrogens is 1740 g/mol. The smallest absolute Gasteiger partial charge is 0.159 e. The molecule has 0 saturated heterocycles. The number of aryl methyl sites for hydroxylation is 5. The third-order valence-electron chi connectivity index (χ3n) is 29.1. The number of hydrogen-bond acceptors (Lipinski definition) is 16. The Morgan fingerprint density at radius 3 is 0.950 bits per heavy atom. The molecule has 16 heteroatoms. The second-order valence-corrected chi connectivity index (χ2v) is 38.6. The van der Waals surface area contributed by atoms with Crippen LogP contribution in [0.15, 0.2) is 375 Å². The first-order valence-corrected chi connectivity index (χ1v) is 49.2. The van der Waals surface area contributed by atoms with E-state index in [1.165, 1.54) is 117 Å². The van der Waals surface area contributed by atoms with Gasteiger partial charge in [0.1, 0.15) is 58.7 Å². The minimum Gasteiger partial charge on any atom is -0.454 e. The number of anilines is 14. The number of hydrogen-bond donors (Lipinski definition) is 0. The lowest BCUT2D eigenvalue weighted by atomic mass is 9.92. The molecular formula is C125H121N11O5. The van der Waals surface area contributed by atoms with Crippen LogP contribution in [0.1, 0.15) is 134 Å². The predicted molar refractivity (Wildman–Crippen MR) is 594 cm³/mol. The number of benzene rings is 15. The molecule has 0 radical (unpaired) electrons. The van der Waals surface area contributed by atoms with E-state index in [1.54, 1.807) is 0 Å². The van der Waals surface area contributed by atoms with E-state index in [-0.39, 0.29) is 38.3 Å². The highest BCUT2D eigenvalue weighted by Crippen LogP contribution is 2.55. The summed E-state index contributed by atoms with van der Waals surface area (Å²) in [6.45, 7) is 35.7. The van der Waals surface area contributed by atoms with Gasteiger partial charge in [0.2, 0.25) is 0 Å². The van der Waals surface area contributed by atoms with E-state index in [4.69, 9.17) is 22.1 Å². The maximum Gasteiger partial charge on any atom is 0.159 e. The van der Waals surface area contributed by atoms with Crippen LogP contribution >= 0.6 is 0 Å². The SMILES string of the molecule is C.Cc1ccc2c(oc3ccccc32)c1N1C=CN(c2c(C(C)C)cccc2C(C)C)C1C.Cc1ccc2c(oc3ccccc32)c1N1C=CN(c2ccccc2)C1C.Cc1ccc2c(oc3ccccc32)c1N1c2ccccc2N(C(C)C)C1C.Cc1ccc2c(oc3ccccc32)c1N1c2ccccc2N(c2ccccc2)C1C.Cc1ccc2c(oc3ccccc32)c1N1c2ncccc2N(C)C1C. The van der Waals surface area contributed by atoms with Crippen LogP contribution < -0.4 is 49.0 Å². The Hall–Kier alpha value is -16.1. The molecule has 11 heterocycles. The second kappa shape index (κ2) is 37.0. The Bertz CT molecular complexity index is 8340. The van der Waals surface area contributed by atoms with E-state index in [1.807, 2.05) is 66.9 Å². The number of fused-ring (bicyclic) bond motifs is 18. The summed E-state index contributed by atoms with van der Waals surface area (Å²) < 4.78 is 31.8. The third-order valence-corrected chi connectivity index (χ3v) is 29.1. The van der Waals surface area contributed by atoms with Crippen molar-refractivity contribution in [2.75, 3.05) is 56.0 Å². The van der Waals surface area contributed by atoms with Gasteiger partial charge in [0, 0.05) is 115 Å². The summed E-state index contributed by atoms with van der Waals surface area (Å²) >= 11 is 0. The van der Waals surface area contributed by atoms with Crippen molar-refractivity contribution in [1.82, 2.24) is 4.98 Å². The van der Waals surface area contributed by atoms with Gasteiger partial charge in [0.15, 0.2) is 33.7 Å². The van der Waals surface area contributed by atoms with Crippen molar-refractivity contribution in [2.45, 2.75) is 167 Å². The summed E-state index contributed by atoms with van der Waals surface area (Å²) in [4.78, 5) is 28.3. The van der Waals surface area contributed by atoms with Gasteiger partial charge in [0.25, 0.3) is 0 Å². The standard InChI is InChI=1S/C29H32N2O.C27H22N2O.C24H24N2O.C23H20N2O.C21H19N3O.CH4/c1-18(2)22-11-9-12-23(19(3)4)28(22)31-17-16-30(21(31)6)27-20(5)14-15-25-24-10-7-8-13-26(24)32-29(25)27;1-18-16-17-22-21-12-6-9-15-25(21)30-27(22)26(18)29-19(2)28(20-10-4-3-5-11-20)23-13-7-8-14-24(23)29;1-15(2)25-17(4)26(21-11-7-6-10-20(21)25)23-16(3)13-14-19-18-9-5-8-12-22(18)27-24(19)23;1-16-12-13-20-19-10-6-7-11-21(19)26-23(20)22(16)25-15-14-24(17(25)2)18-8-4-3-5-9-18;1-13-10-11-16-15-7-4-5-9-18(15)25-20(16)19(13)24-14(2)23(3)17-8-6-12-22-21(17)24;/h7-19,21H,1-6H3;3-17,19H,1-2H3;5-15,17H,1-4H3;3-15,17H,1-2H3;4-12,14H,1-3H3;1H4. The van der Waals surface area contributed by atoms with E-state index < -0.39 is 0 Å². The molecule has 0 spiro atoms. The van der Waals surface area contributed by atoms with Crippen LogP contribution in [0.3, 0.4) is 0 Å². The monoisotopic (exact) mass is 1860 g/mol. The van der Waals surface area contributed by atoms with Crippen molar-refractivity contribution in [3.63, 3.8) is 0 Å². The van der Waals surface area contributed by atoms with Gasteiger partial charge in [-0.2, -0.15) is 0 Å². The highest BCUT2D eigenvalue weighted by molar-refractivity contribution is 6.16. The maximum atomic E-state index is 6.42. The van der Waals surface area contributed by atoms with Crippen LogP contribution in [0.4, 0.5) is 79.8 Å². The van der Waals surface area contributed by atoms with Gasteiger partial charge in [0.05, 0.1) is 56.9 Å². The van der Waals surface area contributed by atoms with Crippen LogP contribution in [0.2, 0.25) is 0 Å². The molecule has 5 unspecified atom stereocenters. The van der Waals surface area contributed by atoms with E-state index in [0.717, 1.165) is 112 Å². The summed E-state index contributed by atoms with van der Waals surface area (Å²) in [6, 6.07) is 113. The van der Waals surface area contributed by atoms with Crippen molar-refractivity contribution in [3.05, 3.63) is 391 Å². The molecule has 15 aromatic carbocycles. The normalized spacial score (nSPS) is 16.4. The fourth-order valence-electron chi connectivity index (χ4n) is 22.2. The zero-order valence-electron chi connectivity index (χ0n) is 82.6. The van der Waals surface area contributed by atoms with Crippen molar-refractivity contribution in [1.29, 1.82) is 0 Å². The number of para-hydroxylation sites is 12. The molecule has 5 atom stereocenters. The van der Waals surface area contributed by atoms with Crippen LogP contribution in [0.25, 0.3) is 110 Å². The molecule has 0 N–H and O–H groups in total. The highest BCUT2D eigenvalue weighted by Gasteiger charge is 2.42. The number of pyridine rings is 1. The van der Waals surface area contributed by atoms with Crippen LogP contribution in [-0.2, 0) is 0 Å². The van der Waals surface area contributed by atoms with Gasteiger partial charge in [-0.15, -0.1) is 0 Å². The van der Waals surface area contributed by atoms with Crippen molar-refractivity contribution in [3.8, 4) is 0 Å². The highest BCUT2D eigenvalue weighted by atomic mass is 16.3. The molecule has 5 aliphatic rings. The number of rotatable bonds is 11. The van der Waals surface area contributed by atoms with E-state index in [9.17, 15) is 0 Å². The van der Waals surface area contributed by atoms with Crippen molar-refractivity contribution < 1.29 is 22.1 Å². The zero-order valence-corrected chi connectivity index (χ0v) is 82.6. The fourth-order valence-corrected chi connectivity index (χ4v) is 22.2. The maximum absolute atomic E-state index is 6.42. The van der Waals surface area contributed by atoms with Gasteiger partial charge in [-0.05, 0) is 225 Å². The van der Waals surface area contributed by atoms with Crippen LogP contribution in [0.5, 0.6) is 0 Å². The molecule has 706 valence electrons. The topological polar surface area (TPSA) is 111 Å². The van der Waals surface area contributed by atoms with E-state index in [2.05, 4.69) is 457 Å². The quantitative estimate of drug-likeness (QED) is 0.122. The fraction of sp³-hybridized carbons (Fsp3) is 0.208. The molecule has 16 nitrogen and oxygen atoms in total. The molecule has 6 aromatic heterocycles. The first-order chi connectivity index (χ1) is 68.1. The Balaban J connectivity index is 0.000000105. The molecule has 0 fully saturated rings. The molecule has 0 aliphatic carbocycles. The van der Waals surface area contributed by atoms with Gasteiger partial charge < -0.3 is 71.1 Å². The summed E-state index contributed by atoms with van der Waals surface area (Å²) in [7, 11) is 2.11. The first-order valence-electron chi connectivity index (χ1n) is 49.2. The van der Waals surface area contributed by atoms with E-state index >= 15 is 0 Å². The van der Waals surface area contributed by atoms with Gasteiger partial charge >= 0.3 is 0 Å². The minimum absolute atomic E-state index is 0. The summed E-state index contributed by atoms with van der Waals surface area (Å²) in [5.41, 5.74) is 33.8. The summed E-state index contributed by atoms with van der Waals surface area (Å²) in [5, 5.41) is 11.7. The van der Waals surface area contributed by atoms with Crippen molar-refractivity contribution >= 4 is 189 Å². The minimum atomic E-state index is 0. The molecule has 0 amide bonds. The van der Waals surface area contributed by atoms with Gasteiger partial charge in [-0.25, -0.2) is 4.98 Å². The molecule has 0 saturated carbocycles. The zero-order chi connectivity index (χ0) is 96.3. The molecule has 5 aliphatic heterocycles. The predicted octanol–water partition coefficient (Wildman–Crippen LogP) is 34.3. The average molecular weight is 1860 g/mol. The first kappa shape index (κ1) is 91.3. The number of furan rings is 5. The third kappa shape index (κ3) is 15.5. The number of aromatic nitrogens is 1. The van der Waals surface area contributed by atoms with Crippen molar-refractivity contribution in [2.24, 2.45) is 0 Å². The molecule has 0 bridgehead atoms. The number of nitrogens with zero attached hydrogens (tertiary/aromatic N) is 11. The summed E-state index contributed by atoms with van der Waals surface area (Å²) in [6.07, 6.45) is 11.4. The largest absolute Gasteiger partial charge is 0.454 e. The van der Waals surface area contributed by atoms with E-state index in [0.29, 0.717) is 17.9 Å². The Labute approximate surface area is 825 Å².